The second-order valence-corrected chi connectivity index (χ2v) is 5.03. The molecule has 0 unspecified atom stereocenters. The maximum Gasteiger partial charge on any atom is 0.573 e. The molecule has 2 N–H and O–H groups in total. The number of ether oxygens (including phenoxy) is 1. The van der Waals surface area contributed by atoms with Gasteiger partial charge in [0.1, 0.15) is 17.1 Å². The van der Waals surface area contributed by atoms with Crippen LogP contribution in [0.2, 0.25) is 5.02 Å². The van der Waals surface area contributed by atoms with Crippen LogP contribution < -0.4 is 10.4 Å². The second kappa shape index (κ2) is 5.31. The lowest BCUT2D eigenvalue weighted by molar-refractivity contribution is -0.274. The van der Waals surface area contributed by atoms with Crippen LogP contribution in [0.4, 0.5) is 17.6 Å². The summed E-state index contributed by atoms with van der Waals surface area (Å²) >= 11 is 5.95. The minimum absolute atomic E-state index is 0.0371. The van der Waals surface area contributed by atoms with Gasteiger partial charge in [0.25, 0.3) is 0 Å². The number of hydrogen-bond acceptors (Lipinski definition) is 2. The predicted molar refractivity (Wildman–Crippen MR) is 76.0 cm³/mol. The summed E-state index contributed by atoms with van der Waals surface area (Å²) in [6.07, 6.45) is -4.93. The van der Waals surface area contributed by atoms with Crippen LogP contribution in [0.25, 0.3) is 22.2 Å². The van der Waals surface area contributed by atoms with E-state index >= 15 is 0 Å². The van der Waals surface area contributed by atoms with Crippen molar-refractivity contribution >= 4 is 22.6 Å². The average molecular weight is 347 g/mol. The Hall–Kier alpha value is -2.48. The number of fused-ring (bicyclic) bond motifs is 1. The number of nitrogens with one attached hydrogen (secondary N) is 2. The highest BCUT2D eigenvalue weighted by Crippen LogP contribution is 2.40. The Kier molecular flexibility index (Phi) is 3.56. The van der Waals surface area contributed by atoms with Crippen LogP contribution in [0.15, 0.2) is 35.1 Å². The van der Waals surface area contributed by atoms with Gasteiger partial charge in [0.05, 0.1) is 10.5 Å². The van der Waals surface area contributed by atoms with Crippen molar-refractivity contribution in [3.05, 3.63) is 51.7 Å². The monoisotopic (exact) mass is 346 g/mol. The van der Waals surface area contributed by atoms with Gasteiger partial charge in [0, 0.05) is 5.56 Å². The number of benzene rings is 2. The molecule has 3 aromatic rings. The van der Waals surface area contributed by atoms with Crippen LogP contribution >= 0.6 is 11.6 Å². The van der Waals surface area contributed by atoms with E-state index in [1.165, 1.54) is 18.2 Å². The molecule has 0 aliphatic rings. The maximum atomic E-state index is 14.1. The fourth-order valence-electron chi connectivity index (χ4n) is 2.24. The molecule has 0 saturated heterocycles. The van der Waals surface area contributed by atoms with Gasteiger partial charge in [0.15, 0.2) is 0 Å². The number of imidazole rings is 1. The van der Waals surface area contributed by atoms with Gasteiger partial charge in [-0.05, 0) is 29.8 Å². The highest BCUT2D eigenvalue weighted by atomic mass is 35.5. The average Bonchev–Trinajstić information content (AvgIpc) is 2.78. The number of rotatable bonds is 2. The Morgan fingerprint density at radius 3 is 2.57 bits per heavy atom. The molecule has 120 valence electrons. The lowest BCUT2D eigenvalue weighted by Gasteiger charge is -2.14. The molecule has 0 aliphatic heterocycles. The minimum Gasteiger partial charge on any atom is -0.405 e. The van der Waals surface area contributed by atoms with E-state index in [4.69, 9.17) is 11.6 Å². The third kappa shape index (κ3) is 3.02. The second-order valence-electron chi connectivity index (χ2n) is 4.62. The molecule has 0 fully saturated rings. The van der Waals surface area contributed by atoms with Gasteiger partial charge in [-0.2, -0.15) is 0 Å². The van der Waals surface area contributed by atoms with E-state index in [1.807, 2.05) is 0 Å². The lowest BCUT2D eigenvalue weighted by Crippen LogP contribution is -2.17. The third-order valence-corrected chi connectivity index (χ3v) is 3.38. The van der Waals surface area contributed by atoms with Crippen molar-refractivity contribution in [3.63, 3.8) is 0 Å². The van der Waals surface area contributed by atoms with Crippen LogP contribution in [-0.2, 0) is 0 Å². The van der Waals surface area contributed by atoms with Crippen molar-refractivity contribution in [1.29, 1.82) is 0 Å². The molecule has 2 aromatic carbocycles. The summed E-state index contributed by atoms with van der Waals surface area (Å²) in [7, 11) is 0. The summed E-state index contributed by atoms with van der Waals surface area (Å²) in [5.74, 6) is -1.38. The van der Waals surface area contributed by atoms with E-state index in [-0.39, 0.29) is 27.2 Å². The summed E-state index contributed by atoms with van der Waals surface area (Å²) in [6, 6.07) is 5.97. The Morgan fingerprint density at radius 1 is 1.13 bits per heavy atom. The molecule has 0 aliphatic carbocycles. The first-order valence-electron chi connectivity index (χ1n) is 6.21. The summed E-state index contributed by atoms with van der Waals surface area (Å²) in [6.45, 7) is 0. The van der Waals surface area contributed by atoms with Crippen molar-refractivity contribution in [3.8, 4) is 16.9 Å². The number of H-pyrrole nitrogens is 2. The molecule has 9 heteroatoms. The number of halogens is 5. The van der Waals surface area contributed by atoms with Crippen LogP contribution in [0.5, 0.6) is 5.75 Å². The van der Waals surface area contributed by atoms with E-state index in [1.54, 1.807) is 0 Å². The van der Waals surface area contributed by atoms with Crippen molar-refractivity contribution < 1.29 is 22.3 Å². The van der Waals surface area contributed by atoms with Crippen LogP contribution in [0.3, 0.4) is 0 Å². The molecule has 1 aromatic heterocycles. The molecule has 1 heterocycles. The van der Waals surface area contributed by atoms with Crippen molar-refractivity contribution in [2.75, 3.05) is 0 Å². The lowest BCUT2D eigenvalue weighted by atomic mass is 10.0. The molecule has 0 saturated carbocycles. The van der Waals surface area contributed by atoms with Crippen LogP contribution in [0.1, 0.15) is 0 Å². The number of hydrogen-bond donors (Lipinski definition) is 2. The first-order chi connectivity index (χ1) is 10.7. The first-order valence-corrected chi connectivity index (χ1v) is 6.58. The summed E-state index contributed by atoms with van der Waals surface area (Å²) in [5, 5.41) is -0.0524. The van der Waals surface area contributed by atoms with E-state index in [0.29, 0.717) is 0 Å². The number of aromatic nitrogens is 2. The van der Waals surface area contributed by atoms with E-state index in [2.05, 4.69) is 14.7 Å². The molecule has 0 atom stereocenters. The van der Waals surface area contributed by atoms with Gasteiger partial charge in [0.2, 0.25) is 0 Å². The topological polar surface area (TPSA) is 57.9 Å². The van der Waals surface area contributed by atoms with Gasteiger partial charge >= 0.3 is 12.1 Å². The molecular formula is C14H7ClF4N2O2. The van der Waals surface area contributed by atoms with Gasteiger partial charge in [-0.25, -0.2) is 9.18 Å². The van der Waals surface area contributed by atoms with Crippen LogP contribution in [0, 0.1) is 5.82 Å². The highest BCUT2D eigenvalue weighted by Gasteiger charge is 2.32. The normalized spacial score (nSPS) is 11.9. The molecule has 23 heavy (non-hydrogen) atoms. The highest BCUT2D eigenvalue weighted by molar-refractivity contribution is 6.33. The van der Waals surface area contributed by atoms with E-state index in [9.17, 15) is 22.4 Å². The van der Waals surface area contributed by atoms with Gasteiger partial charge < -0.3 is 14.7 Å². The number of aromatic amines is 2. The van der Waals surface area contributed by atoms with Crippen molar-refractivity contribution in [1.82, 2.24) is 9.97 Å². The molecular weight excluding hydrogens is 340 g/mol. The van der Waals surface area contributed by atoms with Gasteiger partial charge in [-0.15, -0.1) is 13.2 Å². The van der Waals surface area contributed by atoms with E-state index in [0.717, 1.165) is 12.1 Å². The molecule has 4 nitrogen and oxygen atoms in total. The SMILES string of the molecule is O=c1[nH]c2cc(-c3c(Cl)cccc3OC(F)(F)F)cc(F)c2[nH]1. The Labute approximate surface area is 130 Å². The zero-order valence-corrected chi connectivity index (χ0v) is 11.8. The molecule has 3 rings (SSSR count). The maximum absolute atomic E-state index is 14.1. The van der Waals surface area contributed by atoms with Gasteiger partial charge in [-0.3, -0.25) is 0 Å². The van der Waals surface area contributed by atoms with Gasteiger partial charge in [-0.1, -0.05) is 17.7 Å². The van der Waals surface area contributed by atoms with E-state index < -0.39 is 23.6 Å². The molecule has 0 bridgehead atoms. The molecule has 0 radical (unpaired) electrons. The summed E-state index contributed by atoms with van der Waals surface area (Å²) in [4.78, 5) is 15.8. The fourth-order valence-corrected chi connectivity index (χ4v) is 2.51. The zero-order valence-electron chi connectivity index (χ0n) is 11.1. The quantitative estimate of drug-likeness (QED) is 0.683. The Balaban J connectivity index is 2.24. The Morgan fingerprint density at radius 2 is 1.87 bits per heavy atom. The largest absolute Gasteiger partial charge is 0.573 e. The molecule has 0 amide bonds. The Bertz CT molecular complexity index is 946. The minimum atomic E-state index is -4.93. The van der Waals surface area contributed by atoms with Crippen molar-refractivity contribution in [2.24, 2.45) is 0 Å². The standard InChI is InChI=1S/C14H7ClF4N2O2/c15-7-2-1-3-10(23-14(17,18)19)11(7)6-4-8(16)12-9(5-6)20-13(22)21-12/h1-5H,(H2,20,21,22). The summed E-state index contributed by atoms with van der Waals surface area (Å²) < 4.78 is 55.5. The first kappa shape index (κ1) is 15.4. The van der Waals surface area contributed by atoms with Crippen LogP contribution in [-0.4, -0.2) is 16.3 Å². The predicted octanol–water partition coefficient (Wildman–Crippen LogP) is 4.21. The van der Waals surface area contributed by atoms with Crippen molar-refractivity contribution in [2.45, 2.75) is 6.36 Å². The molecule has 0 spiro atoms. The third-order valence-electron chi connectivity index (χ3n) is 3.07. The number of alkyl halides is 3. The summed E-state index contributed by atoms with van der Waals surface area (Å²) in [5.41, 5.74) is -0.710. The zero-order chi connectivity index (χ0) is 16.8. The fraction of sp³-hybridized carbons (Fsp3) is 0.0714. The smallest absolute Gasteiger partial charge is 0.405 e.